The van der Waals surface area contributed by atoms with E-state index in [-0.39, 0.29) is 0 Å². The molecule has 0 saturated heterocycles. The molecule has 0 bridgehead atoms. The first-order chi connectivity index (χ1) is 11.5. The van der Waals surface area contributed by atoms with Crippen molar-refractivity contribution in [2.75, 3.05) is 12.4 Å². The zero-order valence-corrected chi connectivity index (χ0v) is 14.7. The Morgan fingerprint density at radius 3 is 2.67 bits per heavy atom. The molecule has 0 aliphatic rings. The number of rotatable bonds is 4. The maximum absolute atomic E-state index is 12.5. The molecule has 0 fully saturated rings. The van der Waals surface area contributed by atoms with E-state index in [2.05, 4.69) is 26.2 Å². The Balaban J connectivity index is 1.89. The molecule has 0 aliphatic heterocycles. The van der Waals surface area contributed by atoms with E-state index in [1.54, 1.807) is 31.4 Å². The van der Waals surface area contributed by atoms with Gasteiger partial charge in [0.2, 0.25) is 0 Å². The second-order valence-electron chi connectivity index (χ2n) is 5.38. The fourth-order valence-electron chi connectivity index (χ4n) is 2.44. The summed E-state index contributed by atoms with van der Waals surface area (Å²) in [4.78, 5) is 27.8. The molecule has 6 heteroatoms. The van der Waals surface area contributed by atoms with Gasteiger partial charge in [-0.15, -0.1) is 0 Å². The minimum absolute atomic E-state index is 0.310. The Kier molecular flexibility index (Phi) is 4.40. The molecular formula is C18H15BrN2O3. The molecule has 0 aliphatic carbocycles. The number of ether oxygens (including phenoxy) is 1. The highest BCUT2D eigenvalue weighted by Crippen LogP contribution is 2.26. The number of benzene rings is 2. The topological polar surface area (TPSA) is 71.2 Å². The minimum atomic E-state index is -0.691. The van der Waals surface area contributed by atoms with Gasteiger partial charge in [-0.2, -0.15) is 0 Å². The Hall–Kier alpha value is -2.60. The SMILES string of the molecule is COc1ccc2[nH]cc(C(=O)C(=O)Nc3ccc(C)cc3Br)c2c1. The van der Waals surface area contributed by atoms with E-state index in [0.29, 0.717) is 22.4 Å². The Morgan fingerprint density at radius 2 is 1.96 bits per heavy atom. The molecule has 0 saturated carbocycles. The van der Waals surface area contributed by atoms with E-state index >= 15 is 0 Å². The number of fused-ring (bicyclic) bond motifs is 1. The maximum atomic E-state index is 12.5. The fourth-order valence-corrected chi connectivity index (χ4v) is 3.03. The van der Waals surface area contributed by atoms with Crippen molar-refractivity contribution >= 4 is 44.2 Å². The van der Waals surface area contributed by atoms with Crippen LogP contribution in [0, 0.1) is 6.92 Å². The number of aromatic amines is 1. The van der Waals surface area contributed by atoms with E-state index in [9.17, 15) is 9.59 Å². The van der Waals surface area contributed by atoms with Gasteiger partial charge in [0.1, 0.15) is 5.75 Å². The Morgan fingerprint density at radius 1 is 1.17 bits per heavy atom. The number of nitrogens with one attached hydrogen (secondary N) is 2. The lowest BCUT2D eigenvalue weighted by Crippen LogP contribution is -2.22. The smallest absolute Gasteiger partial charge is 0.296 e. The maximum Gasteiger partial charge on any atom is 0.296 e. The Labute approximate surface area is 147 Å². The summed E-state index contributed by atoms with van der Waals surface area (Å²) in [7, 11) is 1.55. The number of hydrogen-bond donors (Lipinski definition) is 2. The first kappa shape index (κ1) is 16.3. The monoisotopic (exact) mass is 386 g/mol. The highest BCUT2D eigenvalue weighted by molar-refractivity contribution is 9.10. The second kappa shape index (κ2) is 6.49. The number of amides is 1. The van der Waals surface area contributed by atoms with Gasteiger partial charge in [-0.25, -0.2) is 0 Å². The van der Waals surface area contributed by atoms with Crippen molar-refractivity contribution in [3.8, 4) is 5.75 Å². The molecule has 3 aromatic rings. The lowest BCUT2D eigenvalue weighted by atomic mass is 10.1. The minimum Gasteiger partial charge on any atom is -0.497 e. The van der Waals surface area contributed by atoms with E-state index < -0.39 is 11.7 Å². The summed E-state index contributed by atoms with van der Waals surface area (Å²) in [5.41, 5.74) is 2.68. The van der Waals surface area contributed by atoms with Gasteiger partial charge in [0.05, 0.1) is 18.4 Å². The number of aromatic nitrogens is 1. The third-order valence-corrected chi connectivity index (χ3v) is 4.37. The molecule has 2 N–H and O–H groups in total. The Bertz CT molecular complexity index is 947. The molecule has 1 amide bonds. The van der Waals surface area contributed by atoms with Gasteiger partial charge in [-0.1, -0.05) is 6.07 Å². The van der Waals surface area contributed by atoms with Gasteiger partial charge in [-0.3, -0.25) is 9.59 Å². The normalized spacial score (nSPS) is 10.6. The number of methoxy groups -OCH3 is 1. The number of carbonyl (C=O) groups is 2. The van der Waals surface area contributed by atoms with E-state index in [0.717, 1.165) is 15.6 Å². The van der Waals surface area contributed by atoms with Crippen molar-refractivity contribution in [1.29, 1.82) is 0 Å². The highest BCUT2D eigenvalue weighted by atomic mass is 79.9. The predicted molar refractivity (Wildman–Crippen MR) is 96.7 cm³/mol. The van der Waals surface area contributed by atoms with Crippen LogP contribution in [0.3, 0.4) is 0 Å². The zero-order chi connectivity index (χ0) is 17.3. The molecule has 2 aromatic carbocycles. The average Bonchev–Trinajstić information content (AvgIpc) is 2.99. The molecule has 24 heavy (non-hydrogen) atoms. The van der Waals surface area contributed by atoms with Gasteiger partial charge in [0.25, 0.3) is 11.7 Å². The molecule has 1 heterocycles. The molecule has 1 aromatic heterocycles. The number of carbonyl (C=O) groups excluding carboxylic acids is 2. The first-order valence-electron chi connectivity index (χ1n) is 7.26. The molecule has 3 rings (SSSR count). The number of Topliss-reactive ketones (excluding diaryl/α,β-unsaturated/α-hetero) is 1. The largest absolute Gasteiger partial charge is 0.497 e. The molecular weight excluding hydrogens is 372 g/mol. The van der Waals surface area contributed by atoms with Crippen LogP contribution in [-0.4, -0.2) is 23.8 Å². The number of hydrogen-bond acceptors (Lipinski definition) is 3. The summed E-state index contributed by atoms with van der Waals surface area (Å²) in [5, 5.41) is 3.29. The quantitative estimate of drug-likeness (QED) is 0.524. The van der Waals surface area contributed by atoms with Gasteiger partial charge >= 0.3 is 0 Å². The number of halogens is 1. The third kappa shape index (κ3) is 3.05. The van der Waals surface area contributed by atoms with E-state index in [1.165, 1.54) is 6.20 Å². The molecule has 0 spiro atoms. The van der Waals surface area contributed by atoms with Crippen molar-refractivity contribution in [2.24, 2.45) is 0 Å². The summed E-state index contributed by atoms with van der Waals surface area (Å²) in [5.74, 6) is -0.678. The van der Waals surface area contributed by atoms with Gasteiger partial charge in [-0.05, 0) is 58.7 Å². The standard InChI is InChI=1S/C18H15BrN2O3/c1-10-3-5-16(14(19)7-10)21-18(23)17(22)13-9-20-15-6-4-11(24-2)8-12(13)15/h3-9,20H,1-2H3,(H,21,23). The molecule has 0 unspecified atom stereocenters. The van der Waals surface area contributed by atoms with Crippen LogP contribution in [-0.2, 0) is 4.79 Å². The number of aryl methyl sites for hydroxylation is 1. The number of anilines is 1. The van der Waals surface area contributed by atoms with E-state index in [1.807, 2.05) is 19.1 Å². The van der Waals surface area contributed by atoms with Crippen LogP contribution in [0.25, 0.3) is 10.9 Å². The lowest BCUT2D eigenvalue weighted by molar-refractivity contribution is -0.112. The lowest BCUT2D eigenvalue weighted by Gasteiger charge is -2.07. The van der Waals surface area contributed by atoms with Crippen molar-refractivity contribution in [3.63, 3.8) is 0 Å². The second-order valence-corrected chi connectivity index (χ2v) is 6.23. The summed E-state index contributed by atoms with van der Waals surface area (Å²) in [6, 6.07) is 10.8. The average molecular weight is 387 g/mol. The third-order valence-electron chi connectivity index (χ3n) is 3.71. The highest BCUT2D eigenvalue weighted by Gasteiger charge is 2.21. The first-order valence-corrected chi connectivity index (χ1v) is 8.06. The van der Waals surface area contributed by atoms with Crippen LogP contribution < -0.4 is 10.1 Å². The molecule has 5 nitrogen and oxygen atoms in total. The van der Waals surface area contributed by atoms with Crippen LogP contribution in [0.5, 0.6) is 5.75 Å². The van der Waals surface area contributed by atoms with Crippen LogP contribution in [0.4, 0.5) is 5.69 Å². The number of ketones is 1. The van der Waals surface area contributed by atoms with Gasteiger partial charge in [0, 0.05) is 21.6 Å². The van der Waals surface area contributed by atoms with Crippen molar-refractivity contribution in [1.82, 2.24) is 4.98 Å². The van der Waals surface area contributed by atoms with E-state index in [4.69, 9.17) is 4.74 Å². The van der Waals surface area contributed by atoms with Crippen LogP contribution in [0.15, 0.2) is 47.1 Å². The van der Waals surface area contributed by atoms with Crippen molar-refractivity contribution in [3.05, 3.63) is 58.2 Å². The summed E-state index contributed by atoms with van der Waals surface area (Å²) >= 11 is 3.38. The zero-order valence-electron chi connectivity index (χ0n) is 13.1. The van der Waals surface area contributed by atoms with Gasteiger partial charge < -0.3 is 15.0 Å². The van der Waals surface area contributed by atoms with Crippen LogP contribution in [0.1, 0.15) is 15.9 Å². The summed E-state index contributed by atoms with van der Waals surface area (Å²) in [6.45, 7) is 1.95. The molecule has 0 radical (unpaired) electrons. The molecule has 122 valence electrons. The summed E-state index contributed by atoms with van der Waals surface area (Å²) in [6.07, 6.45) is 1.54. The van der Waals surface area contributed by atoms with Crippen molar-refractivity contribution in [2.45, 2.75) is 6.92 Å². The van der Waals surface area contributed by atoms with Crippen LogP contribution >= 0.6 is 15.9 Å². The molecule has 0 atom stereocenters. The predicted octanol–water partition coefficient (Wildman–Crippen LogP) is 4.07. The van der Waals surface area contributed by atoms with Crippen LogP contribution in [0.2, 0.25) is 0 Å². The van der Waals surface area contributed by atoms with Gasteiger partial charge in [0.15, 0.2) is 0 Å². The fraction of sp³-hybridized carbons (Fsp3) is 0.111. The summed E-state index contributed by atoms with van der Waals surface area (Å²) < 4.78 is 5.90. The van der Waals surface area contributed by atoms with Crippen molar-refractivity contribution < 1.29 is 14.3 Å². The number of H-pyrrole nitrogens is 1.